The minimum absolute atomic E-state index is 0.0982. The SMILES string of the molecule is CC(C)COP(=O)(O)OCOC(=O)C(C)(C)C. The molecule has 0 aromatic rings. The maximum atomic E-state index is 11.3. The first-order valence-corrected chi connectivity index (χ1v) is 6.83. The van der Waals surface area contributed by atoms with E-state index < -0.39 is 26.0 Å². The molecular formula is C10H21O6P. The molecule has 6 nitrogen and oxygen atoms in total. The molecule has 1 N–H and O–H groups in total. The molecule has 0 amide bonds. The molecule has 1 unspecified atom stereocenters. The van der Waals surface area contributed by atoms with Crippen molar-refractivity contribution >= 4 is 13.8 Å². The fourth-order valence-electron chi connectivity index (χ4n) is 0.644. The van der Waals surface area contributed by atoms with Crippen molar-refractivity contribution in [2.24, 2.45) is 11.3 Å². The molecule has 0 aliphatic heterocycles. The Morgan fingerprint density at radius 2 is 1.82 bits per heavy atom. The molecule has 0 saturated carbocycles. The van der Waals surface area contributed by atoms with Crippen molar-refractivity contribution in [1.82, 2.24) is 0 Å². The highest BCUT2D eigenvalue weighted by molar-refractivity contribution is 7.47. The van der Waals surface area contributed by atoms with Gasteiger partial charge in [-0.15, -0.1) is 0 Å². The summed E-state index contributed by atoms with van der Waals surface area (Å²) in [7, 11) is -4.13. The maximum absolute atomic E-state index is 11.3. The van der Waals surface area contributed by atoms with Gasteiger partial charge in [0.15, 0.2) is 0 Å². The van der Waals surface area contributed by atoms with Crippen LogP contribution >= 0.6 is 7.82 Å². The van der Waals surface area contributed by atoms with Gasteiger partial charge in [-0.25, -0.2) is 9.09 Å². The number of rotatable bonds is 6. The van der Waals surface area contributed by atoms with E-state index in [1.54, 1.807) is 20.8 Å². The number of phosphoric ester groups is 1. The van der Waals surface area contributed by atoms with E-state index in [2.05, 4.69) is 13.8 Å². The Labute approximate surface area is 102 Å². The molecular weight excluding hydrogens is 247 g/mol. The van der Waals surface area contributed by atoms with Gasteiger partial charge >= 0.3 is 13.8 Å². The molecule has 0 aliphatic rings. The van der Waals surface area contributed by atoms with Gasteiger partial charge in [0, 0.05) is 0 Å². The molecule has 0 aromatic carbocycles. The van der Waals surface area contributed by atoms with Crippen LogP contribution in [0.25, 0.3) is 0 Å². The number of phosphoric acid groups is 1. The van der Waals surface area contributed by atoms with Crippen molar-refractivity contribution in [2.75, 3.05) is 13.4 Å². The van der Waals surface area contributed by atoms with Gasteiger partial charge in [-0.1, -0.05) is 13.8 Å². The van der Waals surface area contributed by atoms with Gasteiger partial charge in [-0.05, 0) is 26.7 Å². The second-order valence-corrected chi connectivity index (χ2v) is 6.54. The zero-order chi connectivity index (χ0) is 13.7. The van der Waals surface area contributed by atoms with Gasteiger partial charge < -0.3 is 9.63 Å². The second kappa shape index (κ2) is 6.50. The third-order valence-electron chi connectivity index (χ3n) is 1.59. The topological polar surface area (TPSA) is 82.1 Å². The standard InChI is InChI=1S/C10H21O6P/c1-8(2)6-15-17(12,13)16-7-14-9(11)10(3,4)5/h8H,6-7H2,1-5H3,(H,12,13). The van der Waals surface area contributed by atoms with Gasteiger partial charge in [0.05, 0.1) is 12.0 Å². The van der Waals surface area contributed by atoms with Crippen LogP contribution in [-0.2, 0) is 23.1 Å². The second-order valence-electron chi connectivity index (χ2n) is 5.09. The predicted molar refractivity (Wildman–Crippen MR) is 62.1 cm³/mol. The van der Waals surface area contributed by atoms with Crippen LogP contribution in [-0.4, -0.2) is 24.3 Å². The minimum atomic E-state index is -4.13. The summed E-state index contributed by atoms with van der Waals surface area (Å²) in [5.41, 5.74) is -0.679. The van der Waals surface area contributed by atoms with E-state index in [1.807, 2.05) is 13.8 Å². The summed E-state index contributed by atoms with van der Waals surface area (Å²) in [6, 6.07) is 0. The van der Waals surface area contributed by atoms with Gasteiger partial charge in [0.2, 0.25) is 6.79 Å². The van der Waals surface area contributed by atoms with E-state index in [9.17, 15) is 14.3 Å². The minimum Gasteiger partial charge on any atom is -0.437 e. The van der Waals surface area contributed by atoms with E-state index in [0.29, 0.717) is 0 Å². The summed E-state index contributed by atoms with van der Waals surface area (Å²) in [6.07, 6.45) is 0. The predicted octanol–water partition coefficient (Wildman–Crippen LogP) is 2.32. The first-order chi connectivity index (χ1) is 7.54. The van der Waals surface area contributed by atoms with E-state index in [0.717, 1.165) is 0 Å². The van der Waals surface area contributed by atoms with Gasteiger partial charge in [0.1, 0.15) is 0 Å². The summed E-state index contributed by atoms with van der Waals surface area (Å²) < 4.78 is 25.1. The lowest BCUT2D eigenvalue weighted by Crippen LogP contribution is -2.23. The van der Waals surface area contributed by atoms with Crippen LogP contribution in [0.4, 0.5) is 0 Å². The third-order valence-corrected chi connectivity index (χ3v) is 2.50. The first kappa shape index (κ1) is 16.6. The summed E-state index contributed by atoms with van der Waals surface area (Å²) in [4.78, 5) is 20.5. The molecule has 1 atom stereocenters. The Kier molecular flexibility index (Phi) is 6.34. The average Bonchev–Trinajstić information content (AvgIpc) is 2.13. The molecule has 102 valence electrons. The fourth-order valence-corrected chi connectivity index (χ4v) is 1.39. The van der Waals surface area contributed by atoms with Gasteiger partial charge in [0.25, 0.3) is 0 Å². The molecule has 0 radical (unpaired) electrons. The van der Waals surface area contributed by atoms with Crippen molar-refractivity contribution in [3.63, 3.8) is 0 Å². The van der Waals surface area contributed by atoms with Crippen LogP contribution in [0.3, 0.4) is 0 Å². The van der Waals surface area contributed by atoms with E-state index in [4.69, 9.17) is 0 Å². The van der Waals surface area contributed by atoms with Crippen LogP contribution in [0.1, 0.15) is 34.6 Å². The average molecular weight is 268 g/mol. The van der Waals surface area contributed by atoms with Crippen molar-refractivity contribution < 1.29 is 28.0 Å². The van der Waals surface area contributed by atoms with Crippen molar-refractivity contribution in [1.29, 1.82) is 0 Å². The van der Waals surface area contributed by atoms with Crippen LogP contribution < -0.4 is 0 Å². The van der Waals surface area contributed by atoms with E-state index in [-0.39, 0.29) is 12.5 Å². The fraction of sp³-hybridized carbons (Fsp3) is 0.900. The van der Waals surface area contributed by atoms with Crippen LogP contribution in [0, 0.1) is 11.3 Å². The Hall–Kier alpha value is -0.420. The molecule has 0 fully saturated rings. The lowest BCUT2D eigenvalue weighted by molar-refractivity contribution is -0.160. The van der Waals surface area contributed by atoms with Crippen molar-refractivity contribution in [3.8, 4) is 0 Å². The lowest BCUT2D eigenvalue weighted by atomic mass is 9.98. The molecule has 0 spiro atoms. The highest BCUT2D eigenvalue weighted by Crippen LogP contribution is 2.43. The lowest BCUT2D eigenvalue weighted by Gasteiger charge is -2.18. The molecule has 17 heavy (non-hydrogen) atoms. The molecule has 0 rings (SSSR count). The summed E-state index contributed by atoms with van der Waals surface area (Å²) >= 11 is 0. The van der Waals surface area contributed by atoms with Crippen LogP contribution in [0.15, 0.2) is 0 Å². The Morgan fingerprint density at radius 1 is 1.29 bits per heavy atom. The molecule has 0 saturated heterocycles. The highest BCUT2D eigenvalue weighted by Gasteiger charge is 2.26. The van der Waals surface area contributed by atoms with Crippen LogP contribution in [0.5, 0.6) is 0 Å². The number of carbonyl (C=O) groups excluding carboxylic acids is 1. The molecule has 0 aromatic heterocycles. The Balaban J connectivity index is 3.96. The normalized spacial score (nSPS) is 15.7. The van der Waals surface area contributed by atoms with E-state index in [1.165, 1.54) is 0 Å². The Bertz CT molecular complexity index is 294. The first-order valence-electron chi connectivity index (χ1n) is 5.33. The number of hydrogen-bond acceptors (Lipinski definition) is 5. The van der Waals surface area contributed by atoms with Crippen molar-refractivity contribution in [3.05, 3.63) is 0 Å². The van der Waals surface area contributed by atoms with E-state index >= 15 is 0 Å². The summed E-state index contributed by atoms with van der Waals surface area (Å²) in [6.45, 7) is 8.18. The molecule has 7 heteroatoms. The summed E-state index contributed by atoms with van der Waals surface area (Å²) in [5.74, 6) is -0.405. The third kappa shape index (κ3) is 8.32. The number of esters is 1. The largest absolute Gasteiger partial charge is 0.475 e. The zero-order valence-corrected chi connectivity index (χ0v) is 11.8. The molecule has 0 bridgehead atoms. The molecule has 0 aliphatic carbocycles. The Morgan fingerprint density at radius 3 is 2.24 bits per heavy atom. The van der Waals surface area contributed by atoms with Crippen molar-refractivity contribution in [2.45, 2.75) is 34.6 Å². The van der Waals surface area contributed by atoms with Gasteiger partial charge in [-0.3, -0.25) is 9.32 Å². The number of ether oxygens (including phenoxy) is 1. The smallest absolute Gasteiger partial charge is 0.437 e. The highest BCUT2D eigenvalue weighted by atomic mass is 31.2. The zero-order valence-electron chi connectivity index (χ0n) is 10.9. The number of hydrogen-bond donors (Lipinski definition) is 1. The number of carbonyl (C=O) groups is 1. The quantitative estimate of drug-likeness (QED) is 0.452. The monoisotopic (exact) mass is 268 g/mol. The maximum Gasteiger partial charge on any atom is 0.475 e. The van der Waals surface area contributed by atoms with Crippen LogP contribution in [0.2, 0.25) is 0 Å². The summed E-state index contributed by atoms with van der Waals surface area (Å²) in [5, 5.41) is 0. The van der Waals surface area contributed by atoms with Gasteiger partial charge in [-0.2, -0.15) is 0 Å². The molecule has 0 heterocycles.